The highest BCUT2D eigenvalue weighted by atomic mass is 79.9. The predicted octanol–water partition coefficient (Wildman–Crippen LogP) is 2.97. The fourth-order valence-corrected chi connectivity index (χ4v) is 3.22. The number of aldehydes is 1. The first-order chi connectivity index (χ1) is 6.77. The van der Waals surface area contributed by atoms with E-state index in [0.29, 0.717) is 5.56 Å². The van der Waals surface area contributed by atoms with Crippen LogP contribution in [0.5, 0.6) is 0 Å². The molecule has 0 unspecified atom stereocenters. The van der Waals surface area contributed by atoms with Crippen molar-refractivity contribution in [3.8, 4) is 0 Å². The lowest BCUT2D eigenvalue weighted by Gasteiger charge is -2.01. The standard InChI is InChI=1S/C10H7BrO2S/c11-8-5-14-10-7(4-13)2-1-6(3-12)9(8)10/h1-3,5,13H,4H2. The molecular weight excluding hydrogens is 264 g/mol. The van der Waals surface area contributed by atoms with Gasteiger partial charge in [-0.2, -0.15) is 0 Å². The van der Waals surface area contributed by atoms with Gasteiger partial charge in [-0.15, -0.1) is 11.3 Å². The molecule has 0 radical (unpaired) electrons. The monoisotopic (exact) mass is 270 g/mol. The van der Waals surface area contributed by atoms with Gasteiger partial charge < -0.3 is 5.11 Å². The molecule has 2 aromatic rings. The van der Waals surface area contributed by atoms with Crippen molar-refractivity contribution in [1.29, 1.82) is 0 Å². The number of carbonyl (C=O) groups excluding carboxylic acids is 1. The number of hydrogen-bond donors (Lipinski definition) is 1. The Balaban J connectivity index is 2.87. The second kappa shape index (κ2) is 3.81. The van der Waals surface area contributed by atoms with Gasteiger partial charge in [0.25, 0.3) is 0 Å². The van der Waals surface area contributed by atoms with Gasteiger partial charge in [0.2, 0.25) is 0 Å². The molecule has 0 amide bonds. The third-order valence-electron chi connectivity index (χ3n) is 2.09. The zero-order chi connectivity index (χ0) is 10.1. The SMILES string of the molecule is O=Cc1ccc(CO)c2scc(Br)c12. The van der Waals surface area contributed by atoms with Gasteiger partial charge in [0.1, 0.15) is 0 Å². The fourth-order valence-electron chi connectivity index (χ4n) is 1.41. The summed E-state index contributed by atoms with van der Waals surface area (Å²) >= 11 is 4.92. The van der Waals surface area contributed by atoms with Crippen LogP contribution < -0.4 is 0 Å². The molecule has 4 heteroatoms. The lowest BCUT2D eigenvalue weighted by Crippen LogP contribution is -1.87. The van der Waals surface area contributed by atoms with Crippen LogP contribution in [0.3, 0.4) is 0 Å². The van der Waals surface area contributed by atoms with Crippen LogP contribution in [0.1, 0.15) is 15.9 Å². The van der Waals surface area contributed by atoms with E-state index in [1.807, 2.05) is 5.38 Å². The average molecular weight is 271 g/mol. The van der Waals surface area contributed by atoms with E-state index in [-0.39, 0.29) is 6.61 Å². The van der Waals surface area contributed by atoms with Crippen molar-refractivity contribution in [1.82, 2.24) is 0 Å². The zero-order valence-electron chi connectivity index (χ0n) is 7.16. The van der Waals surface area contributed by atoms with Crippen LogP contribution in [0, 0.1) is 0 Å². The Bertz CT molecular complexity index is 490. The van der Waals surface area contributed by atoms with Crippen molar-refractivity contribution in [3.05, 3.63) is 33.1 Å². The maximum absolute atomic E-state index is 10.8. The third-order valence-corrected chi connectivity index (χ3v) is 4.07. The molecule has 2 nitrogen and oxygen atoms in total. The summed E-state index contributed by atoms with van der Waals surface area (Å²) in [4.78, 5) is 10.8. The lowest BCUT2D eigenvalue weighted by molar-refractivity contribution is 0.112. The van der Waals surface area contributed by atoms with Crippen molar-refractivity contribution >= 4 is 43.6 Å². The van der Waals surface area contributed by atoms with Gasteiger partial charge in [-0.1, -0.05) is 12.1 Å². The maximum atomic E-state index is 10.8. The minimum absolute atomic E-state index is 0.00257. The minimum Gasteiger partial charge on any atom is -0.392 e. The summed E-state index contributed by atoms with van der Waals surface area (Å²) in [7, 11) is 0. The fraction of sp³-hybridized carbons (Fsp3) is 0.100. The molecular formula is C10H7BrO2S. The molecule has 0 spiro atoms. The maximum Gasteiger partial charge on any atom is 0.150 e. The van der Waals surface area contributed by atoms with E-state index in [0.717, 1.165) is 26.4 Å². The Morgan fingerprint density at radius 2 is 2.29 bits per heavy atom. The van der Waals surface area contributed by atoms with Crippen molar-refractivity contribution in [3.63, 3.8) is 0 Å². The summed E-state index contributed by atoms with van der Waals surface area (Å²) < 4.78 is 1.89. The minimum atomic E-state index is 0.00257. The molecule has 14 heavy (non-hydrogen) atoms. The van der Waals surface area contributed by atoms with Gasteiger partial charge in [-0.3, -0.25) is 4.79 Å². The molecule has 0 aliphatic carbocycles. The smallest absolute Gasteiger partial charge is 0.150 e. The number of fused-ring (bicyclic) bond motifs is 1. The lowest BCUT2D eigenvalue weighted by atomic mass is 10.1. The summed E-state index contributed by atoms with van der Waals surface area (Å²) in [5, 5.41) is 11.9. The first-order valence-corrected chi connectivity index (χ1v) is 5.69. The number of benzene rings is 1. The number of carbonyl (C=O) groups is 1. The first kappa shape index (κ1) is 9.83. The molecule has 0 bridgehead atoms. The molecule has 0 saturated heterocycles. The summed E-state index contributed by atoms with van der Waals surface area (Å²) in [6.45, 7) is 0.00257. The molecule has 1 heterocycles. The van der Waals surface area contributed by atoms with Gasteiger partial charge in [-0.05, 0) is 21.5 Å². The molecule has 0 fully saturated rings. The molecule has 1 aromatic heterocycles. The number of aliphatic hydroxyl groups excluding tert-OH is 1. The van der Waals surface area contributed by atoms with Crippen LogP contribution >= 0.6 is 27.3 Å². The number of rotatable bonds is 2. The van der Waals surface area contributed by atoms with E-state index < -0.39 is 0 Å². The van der Waals surface area contributed by atoms with Crippen LogP contribution in [0.25, 0.3) is 10.1 Å². The first-order valence-electron chi connectivity index (χ1n) is 4.02. The largest absolute Gasteiger partial charge is 0.392 e. The van der Waals surface area contributed by atoms with Crippen LogP contribution in [0.15, 0.2) is 22.0 Å². The molecule has 0 saturated carbocycles. The van der Waals surface area contributed by atoms with Crippen LogP contribution in [0.2, 0.25) is 0 Å². The van der Waals surface area contributed by atoms with E-state index in [9.17, 15) is 4.79 Å². The number of aliphatic hydroxyl groups is 1. The molecule has 72 valence electrons. The summed E-state index contributed by atoms with van der Waals surface area (Å²) in [6.07, 6.45) is 0.834. The Hall–Kier alpha value is -0.710. The molecule has 1 aromatic carbocycles. The Labute approximate surface area is 93.3 Å². The van der Waals surface area contributed by atoms with E-state index in [4.69, 9.17) is 5.11 Å². The van der Waals surface area contributed by atoms with Crippen LogP contribution in [0.4, 0.5) is 0 Å². The second-order valence-electron chi connectivity index (χ2n) is 2.88. The second-order valence-corrected chi connectivity index (χ2v) is 4.61. The molecule has 2 rings (SSSR count). The van der Waals surface area contributed by atoms with Gasteiger partial charge in [0, 0.05) is 25.5 Å². The van der Waals surface area contributed by atoms with E-state index in [1.165, 1.54) is 11.3 Å². The topological polar surface area (TPSA) is 37.3 Å². The number of halogens is 1. The number of thiophene rings is 1. The highest BCUT2D eigenvalue weighted by molar-refractivity contribution is 9.10. The van der Waals surface area contributed by atoms with Crippen LogP contribution in [-0.2, 0) is 6.61 Å². The predicted molar refractivity (Wildman–Crippen MR) is 60.8 cm³/mol. The summed E-state index contributed by atoms with van der Waals surface area (Å²) in [5.41, 5.74) is 1.52. The zero-order valence-corrected chi connectivity index (χ0v) is 9.56. The average Bonchev–Trinajstić information content (AvgIpc) is 2.60. The summed E-state index contributed by atoms with van der Waals surface area (Å²) in [5.74, 6) is 0. The normalized spacial score (nSPS) is 10.7. The molecule has 0 atom stereocenters. The summed E-state index contributed by atoms with van der Waals surface area (Å²) in [6, 6.07) is 3.52. The van der Waals surface area contributed by atoms with E-state index in [2.05, 4.69) is 15.9 Å². The quantitative estimate of drug-likeness (QED) is 0.852. The van der Waals surface area contributed by atoms with Gasteiger partial charge >= 0.3 is 0 Å². The molecule has 0 aliphatic heterocycles. The molecule has 0 aliphatic rings. The van der Waals surface area contributed by atoms with Gasteiger partial charge in [-0.25, -0.2) is 0 Å². The highest BCUT2D eigenvalue weighted by Gasteiger charge is 2.09. The van der Waals surface area contributed by atoms with Gasteiger partial charge in [0.15, 0.2) is 6.29 Å². The molecule has 1 N–H and O–H groups in total. The third kappa shape index (κ3) is 1.39. The Morgan fingerprint density at radius 1 is 1.50 bits per heavy atom. The van der Waals surface area contributed by atoms with Crippen LogP contribution in [-0.4, -0.2) is 11.4 Å². The van der Waals surface area contributed by atoms with E-state index >= 15 is 0 Å². The van der Waals surface area contributed by atoms with E-state index in [1.54, 1.807) is 12.1 Å². The number of hydrogen-bond acceptors (Lipinski definition) is 3. The van der Waals surface area contributed by atoms with Gasteiger partial charge in [0.05, 0.1) is 6.61 Å². The van der Waals surface area contributed by atoms with Crippen molar-refractivity contribution in [2.45, 2.75) is 6.61 Å². The van der Waals surface area contributed by atoms with Crippen molar-refractivity contribution in [2.24, 2.45) is 0 Å². The highest BCUT2D eigenvalue weighted by Crippen LogP contribution is 2.34. The van der Waals surface area contributed by atoms with Crippen molar-refractivity contribution in [2.75, 3.05) is 0 Å². The Morgan fingerprint density at radius 3 is 2.93 bits per heavy atom. The Kier molecular flexibility index (Phi) is 2.67. The van der Waals surface area contributed by atoms with Crippen molar-refractivity contribution < 1.29 is 9.90 Å².